The van der Waals surface area contributed by atoms with E-state index in [0.717, 1.165) is 67.1 Å². The van der Waals surface area contributed by atoms with Crippen molar-refractivity contribution in [2.75, 3.05) is 44.3 Å². The van der Waals surface area contributed by atoms with E-state index in [-0.39, 0.29) is 11.9 Å². The van der Waals surface area contributed by atoms with E-state index in [9.17, 15) is 4.79 Å². The molecule has 180 valence electrons. The first-order valence-electron chi connectivity index (χ1n) is 12.2. The Morgan fingerprint density at radius 1 is 1.21 bits per heavy atom. The second-order valence-electron chi connectivity index (χ2n) is 9.23. The van der Waals surface area contributed by atoms with E-state index in [4.69, 9.17) is 10.5 Å². The Hall–Kier alpha value is -2.67. The number of likely N-dealkylation sites (tertiary alicyclic amines) is 1. The molecule has 2 aromatic rings. The zero-order chi connectivity index (χ0) is 23.6. The zero-order valence-electron chi connectivity index (χ0n) is 20.4. The maximum atomic E-state index is 12.4. The summed E-state index contributed by atoms with van der Waals surface area (Å²) in [5.41, 5.74) is 9.91. The topological polar surface area (TPSA) is 93.4 Å². The Morgan fingerprint density at radius 2 is 1.97 bits per heavy atom. The van der Waals surface area contributed by atoms with Gasteiger partial charge in [0.2, 0.25) is 5.95 Å². The Morgan fingerprint density at radius 3 is 2.73 bits per heavy atom. The molecule has 0 spiro atoms. The number of nitrogens with two attached hydrogens (primary N) is 1. The van der Waals surface area contributed by atoms with Gasteiger partial charge in [-0.15, -0.1) is 0 Å². The molecule has 0 saturated carbocycles. The van der Waals surface area contributed by atoms with E-state index in [1.54, 1.807) is 0 Å². The highest BCUT2D eigenvalue weighted by Gasteiger charge is 2.18. The van der Waals surface area contributed by atoms with Crippen molar-refractivity contribution in [3.63, 3.8) is 0 Å². The van der Waals surface area contributed by atoms with Crippen molar-refractivity contribution >= 4 is 17.7 Å². The Labute approximate surface area is 198 Å². The van der Waals surface area contributed by atoms with Crippen molar-refractivity contribution in [2.45, 2.75) is 58.8 Å². The van der Waals surface area contributed by atoms with Crippen LogP contribution in [0, 0.1) is 12.8 Å². The second kappa shape index (κ2) is 12.5. The monoisotopic (exact) mass is 453 g/mol. The number of carbonyl (C=O) groups is 1. The number of carbonyl (C=O) groups excluding carboxylic acids is 1. The summed E-state index contributed by atoms with van der Waals surface area (Å²) in [6.07, 6.45) is 6.60. The molecule has 0 aliphatic carbocycles. The van der Waals surface area contributed by atoms with Gasteiger partial charge < -0.3 is 20.7 Å². The molecular formula is C26H39N5O2. The number of anilines is 2. The summed E-state index contributed by atoms with van der Waals surface area (Å²) in [4.78, 5) is 23.6. The van der Waals surface area contributed by atoms with Crippen LogP contribution in [0.2, 0.25) is 0 Å². The first kappa shape index (κ1) is 25.0. The zero-order valence-corrected chi connectivity index (χ0v) is 20.4. The number of aryl methyl sites for hydroxylation is 1. The van der Waals surface area contributed by atoms with Crippen LogP contribution < -0.4 is 11.1 Å². The van der Waals surface area contributed by atoms with Crippen LogP contribution in [0.1, 0.15) is 61.4 Å². The van der Waals surface area contributed by atoms with Gasteiger partial charge in [-0.25, -0.2) is 4.98 Å². The first-order valence-corrected chi connectivity index (χ1v) is 12.2. The fourth-order valence-electron chi connectivity index (χ4n) is 4.27. The number of benzene rings is 1. The summed E-state index contributed by atoms with van der Waals surface area (Å²) in [5.74, 6) is 1.42. The first-order chi connectivity index (χ1) is 15.9. The number of hydrogen-bond donors (Lipinski definition) is 2. The van der Waals surface area contributed by atoms with E-state index >= 15 is 0 Å². The fourth-order valence-corrected chi connectivity index (χ4v) is 4.27. The number of nitrogens with zero attached hydrogens (tertiary/aromatic N) is 3. The lowest BCUT2D eigenvalue weighted by molar-refractivity contribution is -0.144. The van der Waals surface area contributed by atoms with Crippen molar-refractivity contribution in [1.82, 2.24) is 14.9 Å². The molecule has 3 N–H and O–H groups in total. The Balaban J connectivity index is 1.59. The number of nitrogen functional groups attached to an aromatic ring is 1. The Bertz CT molecular complexity index is 910. The minimum absolute atomic E-state index is 0.156. The molecule has 1 fully saturated rings. The van der Waals surface area contributed by atoms with Crippen molar-refractivity contribution in [3.05, 3.63) is 46.6 Å². The molecule has 0 atom stereocenters. The molecule has 1 saturated heterocycles. The summed E-state index contributed by atoms with van der Waals surface area (Å²) < 4.78 is 5.59. The highest BCUT2D eigenvalue weighted by Crippen LogP contribution is 2.22. The lowest BCUT2D eigenvalue weighted by Gasteiger charge is -2.28. The molecule has 0 bridgehead atoms. The van der Waals surface area contributed by atoms with Crippen molar-refractivity contribution in [1.29, 1.82) is 0 Å². The average molecular weight is 454 g/mol. The standard InChI is InChI=1S/C26H39N5O2/c1-4-5-6-12-28-25-23(19(2)29-26(27)30-25)16-21-8-7-9-22(15-21)17-24(32)33-18-20-10-13-31(3)14-11-20/h7-9,15,20H,4-6,10-14,16-18H2,1-3H3,(H3,27,28,29,30). The Kier molecular flexibility index (Phi) is 9.48. The number of rotatable bonds is 11. The molecule has 0 unspecified atom stereocenters. The lowest BCUT2D eigenvalue weighted by atomic mass is 9.98. The fraction of sp³-hybridized carbons (Fsp3) is 0.577. The molecule has 7 heteroatoms. The average Bonchev–Trinajstić information content (AvgIpc) is 2.79. The van der Waals surface area contributed by atoms with Gasteiger partial charge in [-0.05, 0) is 63.4 Å². The van der Waals surface area contributed by atoms with Crippen LogP contribution in [0.3, 0.4) is 0 Å². The van der Waals surface area contributed by atoms with Gasteiger partial charge in [-0.1, -0.05) is 44.0 Å². The van der Waals surface area contributed by atoms with Crippen LogP contribution in [0.5, 0.6) is 0 Å². The van der Waals surface area contributed by atoms with E-state index < -0.39 is 0 Å². The molecule has 1 aromatic carbocycles. The number of ether oxygens (including phenoxy) is 1. The van der Waals surface area contributed by atoms with Crippen molar-refractivity contribution < 1.29 is 9.53 Å². The third kappa shape index (κ3) is 8.00. The second-order valence-corrected chi connectivity index (χ2v) is 9.23. The van der Waals surface area contributed by atoms with Crippen LogP contribution in [-0.2, 0) is 22.4 Å². The van der Waals surface area contributed by atoms with Crippen LogP contribution in [0.4, 0.5) is 11.8 Å². The van der Waals surface area contributed by atoms with Gasteiger partial charge in [0.15, 0.2) is 0 Å². The van der Waals surface area contributed by atoms with E-state index in [0.29, 0.717) is 25.4 Å². The van der Waals surface area contributed by atoms with Gasteiger partial charge in [-0.3, -0.25) is 4.79 Å². The molecule has 0 amide bonds. The van der Waals surface area contributed by atoms with E-state index in [2.05, 4.69) is 46.3 Å². The largest absolute Gasteiger partial charge is 0.465 e. The molecule has 3 rings (SSSR count). The third-order valence-electron chi connectivity index (χ3n) is 6.34. The van der Waals surface area contributed by atoms with Gasteiger partial charge in [0.05, 0.1) is 13.0 Å². The van der Waals surface area contributed by atoms with Gasteiger partial charge in [0.1, 0.15) is 5.82 Å². The summed E-state index contributed by atoms with van der Waals surface area (Å²) >= 11 is 0. The van der Waals surface area contributed by atoms with Gasteiger partial charge in [0.25, 0.3) is 0 Å². The molecular weight excluding hydrogens is 414 g/mol. The lowest BCUT2D eigenvalue weighted by Crippen LogP contribution is -2.32. The van der Waals surface area contributed by atoms with Gasteiger partial charge >= 0.3 is 5.97 Å². The number of esters is 1. The summed E-state index contributed by atoms with van der Waals surface area (Å²) in [5, 5.41) is 3.44. The number of unbranched alkanes of at least 4 members (excludes halogenated alkanes) is 2. The molecule has 0 radical (unpaired) electrons. The minimum atomic E-state index is -0.156. The van der Waals surface area contributed by atoms with Crippen molar-refractivity contribution in [2.24, 2.45) is 5.92 Å². The predicted molar refractivity (Wildman–Crippen MR) is 133 cm³/mol. The highest BCUT2D eigenvalue weighted by molar-refractivity contribution is 5.72. The third-order valence-corrected chi connectivity index (χ3v) is 6.34. The minimum Gasteiger partial charge on any atom is -0.465 e. The van der Waals surface area contributed by atoms with Crippen LogP contribution in [0.25, 0.3) is 0 Å². The van der Waals surface area contributed by atoms with E-state index in [1.807, 2.05) is 19.1 Å². The molecule has 1 aliphatic heterocycles. The van der Waals surface area contributed by atoms with E-state index in [1.165, 1.54) is 12.8 Å². The maximum Gasteiger partial charge on any atom is 0.310 e. The quantitative estimate of drug-likeness (QED) is 0.392. The molecule has 33 heavy (non-hydrogen) atoms. The molecule has 1 aliphatic rings. The maximum absolute atomic E-state index is 12.4. The molecule has 7 nitrogen and oxygen atoms in total. The highest BCUT2D eigenvalue weighted by atomic mass is 16.5. The number of nitrogens with one attached hydrogen (secondary N) is 1. The summed E-state index contributed by atoms with van der Waals surface area (Å²) in [6, 6.07) is 8.13. The SMILES string of the molecule is CCCCCNc1nc(N)nc(C)c1Cc1cccc(CC(=O)OCC2CCN(C)CC2)c1. The van der Waals surface area contributed by atoms with Crippen LogP contribution >= 0.6 is 0 Å². The number of hydrogen-bond acceptors (Lipinski definition) is 7. The van der Waals surface area contributed by atoms with Crippen molar-refractivity contribution in [3.8, 4) is 0 Å². The summed E-state index contributed by atoms with van der Waals surface area (Å²) in [6.45, 7) is 7.70. The normalized spacial score (nSPS) is 14.9. The summed E-state index contributed by atoms with van der Waals surface area (Å²) in [7, 11) is 2.14. The number of aromatic nitrogens is 2. The van der Waals surface area contributed by atoms with Crippen LogP contribution in [-0.4, -0.2) is 54.1 Å². The van der Waals surface area contributed by atoms with Gasteiger partial charge in [0, 0.05) is 24.2 Å². The van der Waals surface area contributed by atoms with Crippen LogP contribution in [0.15, 0.2) is 24.3 Å². The predicted octanol–water partition coefficient (Wildman–Crippen LogP) is 3.99. The number of piperidine rings is 1. The smallest absolute Gasteiger partial charge is 0.310 e. The molecule has 1 aromatic heterocycles. The van der Waals surface area contributed by atoms with Gasteiger partial charge in [-0.2, -0.15) is 4.98 Å². The molecule has 2 heterocycles.